The Hall–Kier alpha value is -2.66. The third kappa shape index (κ3) is 2.69. The molecular formula is C21H22N4O. The van der Waals surface area contributed by atoms with Crippen LogP contribution < -0.4 is 5.32 Å². The Balaban J connectivity index is 1.38. The maximum Gasteiger partial charge on any atom is 0.253 e. The highest BCUT2D eigenvalue weighted by molar-refractivity contribution is 5.94. The fourth-order valence-corrected chi connectivity index (χ4v) is 4.24. The third-order valence-corrected chi connectivity index (χ3v) is 5.66. The summed E-state index contributed by atoms with van der Waals surface area (Å²) in [7, 11) is 0. The number of imidazole rings is 1. The number of hydrogen-bond donors (Lipinski definition) is 1. The fraction of sp³-hybridized carbons (Fsp3) is 0.333. The summed E-state index contributed by atoms with van der Waals surface area (Å²) >= 11 is 0. The van der Waals surface area contributed by atoms with Crippen LogP contribution in [0, 0.1) is 0 Å². The van der Waals surface area contributed by atoms with Crippen LogP contribution in [0.1, 0.15) is 29.6 Å². The molecule has 2 saturated heterocycles. The number of likely N-dealkylation sites (tertiary alicyclic amines) is 1. The van der Waals surface area contributed by atoms with Gasteiger partial charge in [0.25, 0.3) is 5.91 Å². The van der Waals surface area contributed by atoms with E-state index in [0.29, 0.717) is 12.1 Å². The second-order valence-electron chi connectivity index (χ2n) is 7.33. The van der Waals surface area contributed by atoms with Crippen molar-refractivity contribution in [3.8, 4) is 5.69 Å². The molecule has 0 spiro atoms. The molecule has 2 aromatic carbocycles. The van der Waals surface area contributed by atoms with Crippen molar-refractivity contribution in [2.75, 3.05) is 13.1 Å². The summed E-state index contributed by atoms with van der Waals surface area (Å²) in [5.41, 5.74) is 3.82. The molecule has 5 rings (SSSR count). The van der Waals surface area contributed by atoms with Crippen LogP contribution in [0.25, 0.3) is 16.7 Å². The van der Waals surface area contributed by atoms with Crippen molar-refractivity contribution in [3.05, 3.63) is 60.4 Å². The predicted octanol–water partition coefficient (Wildman–Crippen LogP) is 2.99. The van der Waals surface area contributed by atoms with Gasteiger partial charge in [0.1, 0.15) is 6.33 Å². The number of rotatable bonds is 2. The van der Waals surface area contributed by atoms with Gasteiger partial charge in [0.15, 0.2) is 0 Å². The van der Waals surface area contributed by atoms with Crippen molar-refractivity contribution in [3.63, 3.8) is 0 Å². The summed E-state index contributed by atoms with van der Waals surface area (Å²) in [6.45, 7) is 1.67. The van der Waals surface area contributed by atoms with E-state index >= 15 is 0 Å². The van der Waals surface area contributed by atoms with E-state index in [1.165, 1.54) is 12.8 Å². The lowest BCUT2D eigenvalue weighted by Crippen LogP contribution is -2.39. The molecule has 2 fully saturated rings. The zero-order valence-corrected chi connectivity index (χ0v) is 14.6. The lowest BCUT2D eigenvalue weighted by atomic mass is 10.1. The number of amides is 1. The molecule has 3 aromatic rings. The molecule has 0 saturated carbocycles. The molecule has 1 N–H and O–H groups in total. The van der Waals surface area contributed by atoms with Gasteiger partial charge in [0, 0.05) is 36.4 Å². The highest BCUT2D eigenvalue weighted by atomic mass is 16.2. The maximum atomic E-state index is 12.9. The van der Waals surface area contributed by atoms with Crippen molar-refractivity contribution < 1.29 is 4.79 Å². The fourth-order valence-electron chi connectivity index (χ4n) is 4.24. The Bertz CT molecular complexity index is 946. The van der Waals surface area contributed by atoms with Gasteiger partial charge >= 0.3 is 0 Å². The summed E-state index contributed by atoms with van der Waals surface area (Å²) in [6, 6.07) is 17.0. The van der Waals surface area contributed by atoms with E-state index < -0.39 is 0 Å². The van der Waals surface area contributed by atoms with Crippen molar-refractivity contribution in [1.82, 2.24) is 19.8 Å². The smallest absolute Gasteiger partial charge is 0.253 e. The molecule has 5 nitrogen and oxygen atoms in total. The van der Waals surface area contributed by atoms with Gasteiger partial charge in [-0.15, -0.1) is 0 Å². The number of carbonyl (C=O) groups excluding carboxylic acids is 1. The molecule has 2 bridgehead atoms. The Kier molecular flexibility index (Phi) is 3.75. The Morgan fingerprint density at radius 2 is 1.81 bits per heavy atom. The first kappa shape index (κ1) is 15.6. The van der Waals surface area contributed by atoms with Gasteiger partial charge in [-0.3, -0.25) is 9.36 Å². The predicted molar refractivity (Wildman–Crippen MR) is 102 cm³/mol. The Morgan fingerprint density at radius 1 is 1.00 bits per heavy atom. The molecular weight excluding hydrogens is 324 g/mol. The van der Waals surface area contributed by atoms with Gasteiger partial charge in [0.05, 0.1) is 11.0 Å². The zero-order valence-electron chi connectivity index (χ0n) is 14.6. The number of para-hydroxylation sites is 2. The van der Waals surface area contributed by atoms with E-state index in [9.17, 15) is 4.79 Å². The number of aromatic nitrogens is 2. The number of carbonyl (C=O) groups is 1. The number of fused-ring (bicyclic) bond motifs is 3. The molecule has 1 aromatic heterocycles. The van der Waals surface area contributed by atoms with Crippen LogP contribution >= 0.6 is 0 Å². The molecule has 0 radical (unpaired) electrons. The highest BCUT2D eigenvalue weighted by Gasteiger charge is 2.31. The molecule has 2 aliphatic rings. The summed E-state index contributed by atoms with van der Waals surface area (Å²) in [6.07, 6.45) is 5.32. The molecule has 3 heterocycles. The molecule has 0 aliphatic carbocycles. The van der Waals surface area contributed by atoms with E-state index in [1.54, 1.807) is 0 Å². The van der Waals surface area contributed by atoms with Crippen molar-refractivity contribution >= 4 is 16.9 Å². The van der Waals surface area contributed by atoms with Crippen LogP contribution in [0.3, 0.4) is 0 Å². The summed E-state index contributed by atoms with van der Waals surface area (Å²) in [5, 5.41) is 3.63. The van der Waals surface area contributed by atoms with Crippen molar-refractivity contribution in [2.45, 2.75) is 31.3 Å². The minimum atomic E-state index is 0.140. The number of benzene rings is 2. The first-order valence-corrected chi connectivity index (χ1v) is 9.36. The van der Waals surface area contributed by atoms with Gasteiger partial charge in [0.2, 0.25) is 0 Å². The monoisotopic (exact) mass is 346 g/mol. The van der Waals surface area contributed by atoms with Gasteiger partial charge in [-0.05, 0) is 55.7 Å². The van der Waals surface area contributed by atoms with Crippen molar-refractivity contribution in [2.24, 2.45) is 0 Å². The number of nitrogens with one attached hydrogen (secondary N) is 1. The normalized spacial score (nSPS) is 22.5. The second-order valence-corrected chi connectivity index (χ2v) is 7.33. The van der Waals surface area contributed by atoms with E-state index in [2.05, 4.69) is 20.9 Å². The molecule has 2 atom stereocenters. The average Bonchev–Trinajstić information content (AvgIpc) is 3.24. The number of hydrogen-bond acceptors (Lipinski definition) is 3. The average molecular weight is 346 g/mol. The standard InChI is InChI=1S/C21H22N4O/c26-21(24-12-11-16-7-8-17(13-24)23-16)15-5-9-18(10-6-15)25-14-22-19-3-1-2-4-20(19)25/h1-6,9-10,14,16-17,23H,7-8,11-13H2. The topological polar surface area (TPSA) is 50.2 Å². The van der Waals surface area contributed by atoms with E-state index in [0.717, 1.165) is 41.8 Å². The van der Waals surface area contributed by atoms with Gasteiger partial charge < -0.3 is 10.2 Å². The van der Waals surface area contributed by atoms with Crippen LogP contribution in [-0.4, -0.2) is 45.5 Å². The Labute approximate surface area is 152 Å². The van der Waals surface area contributed by atoms with Crippen LogP contribution in [0.4, 0.5) is 0 Å². The van der Waals surface area contributed by atoms with Crippen LogP contribution in [0.2, 0.25) is 0 Å². The number of nitrogens with zero attached hydrogens (tertiary/aromatic N) is 3. The quantitative estimate of drug-likeness (QED) is 0.776. The highest BCUT2D eigenvalue weighted by Crippen LogP contribution is 2.23. The summed E-state index contributed by atoms with van der Waals surface area (Å²) in [4.78, 5) is 19.4. The van der Waals surface area contributed by atoms with E-state index in [-0.39, 0.29) is 5.91 Å². The molecule has 2 unspecified atom stereocenters. The first-order valence-electron chi connectivity index (χ1n) is 9.36. The third-order valence-electron chi connectivity index (χ3n) is 5.66. The van der Waals surface area contributed by atoms with Crippen LogP contribution in [0.15, 0.2) is 54.9 Å². The zero-order chi connectivity index (χ0) is 17.5. The first-order chi connectivity index (χ1) is 12.8. The Morgan fingerprint density at radius 3 is 2.69 bits per heavy atom. The van der Waals surface area contributed by atoms with E-state index in [4.69, 9.17) is 0 Å². The van der Waals surface area contributed by atoms with Crippen LogP contribution in [-0.2, 0) is 0 Å². The maximum absolute atomic E-state index is 12.9. The largest absolute Gasteiger partial charge is 0.337 e. The summed E-state index contributed by atoms with van der Waals surface area (Å²) in [5.74, 6) is 0.140. The molecule has 1 amide bonds. The second kappa shape index (κ2) is 6.25. The van der Waals surface area contributed by atoms with Crippen LogP contribution in [0.5, 0.6) is 0 Å². The molecule has 5 heteroatoms. The lowest BCUT2D eigenvalue weighted by molar-refractivity contribution is 0.0748. The van der Waals surface area contributed by atoms with Gasteiger partial charge in [-0.1, -0.05) is 12.1 Å². The molecule has 2 aliphatic heterocycles. The minimum Gasteiger partial charge on any atom is -0.337 e. The summed E-state index contributed by atoms with van der Waals surface area (Å²) < 4.78 is 2.05. The molecule has 132 valence electrons. The van der Waals surface area contributed by atoms with Gasteiger partial charge in [-0.25, -0.2) is 4.98 Å². The lowest BCUT2D eigenvalue weighted by Gasteiger charge is -2.24. The SMILES string of the molecule is O=C(c1ccc(-n2cnc3ccccc32)cc1)N1CCC2CCC(C1)N2. The minimum absolute atomic E-state index is 0.140. The van der Waals surface area contributed by atoms with Crippen molar-refractivity contribution in [1.29, 1.82) is 0 Å². The molecule has 26 heavy (non-hydrogen) atoms. The van der Waals surface area contributed by atoms with E-state index in [1.807, 2.05) is 53.7 Å². The van der Waals surface area contributed by atoms with Gasteiger partial charge in [-0.2, -0.15) is 0 Å².